The molecule has 1 saturated heterocycles. The maximum atomic E-state index is 5.67. The lowest BCUT2D eigenvalue weighted by molar-refractivity contribution is 0.683. The van der Waals surface area contributed by atoms with Gasteiger partial charge in [-0.2, -0.15) is 0 Å². The van der Waals surface area contributed by atoms with Crippen molar-refractivity contribution in [3.8, 4) is 0 Å². The van der Waals surface area contributed by atoms with Gasteiger partial charge in [0.15, 0.2) is 0 Å². The molecule has 2 nitrogen and oxygen atoms in total. The summed E-state index contributed by atoms with van der Waals surface area (Å²) in [5.41, 5.74) is 5.67. The molecule has 1 heterocycles. The molecule has 1 aliphatic heterocycles. The molecule has 1 fully saturated rings. The quantitative estimate of drug-likeness (QED) is 0.484. The standard InChI is InChI=1S/C6H12N2S/c7-5-3-1-2-4-8-6(5)9/h5H,1-4,7H2,(H,8,9). The molecule has 0 aliphatic carbocycles. The maximum Gasteiger partial charge on any atom is 0.0923 e. The molecule has 1 atom stereocenters. The second-order valence-corrected chi connectivity index (χ2v) is 2.83. The van der Waals surface area contributed by atoms with E-state index in [2.05, 4.69) is 5.32 Å². The van der Waals surface area contributed by atoms with E-state index < -0.39 is 0 Å². The van der Waals surface area contributed by atoms with Crippen LogP contribution >= 0.6 is 12.2 Å². The monoisotopic (exact) mass is 144 g/mol. The van der Waals surface area contributed by atoms with Gasteiger partial charge in [-0.05, 0) is 19.3 Å². The zero-order valence-corrected chi connectivity index (χ0v) is 6.21. The van der Waals surface area contributed by atoms with Crippen LogP contribution in [0.5, 0.6) is 0 Å². The lowest BCUT2D eigenvalue weighted by Crippen LogP contribution is -2.36. The Kier molecular flexibility index (Phi) is 2.42. The van der Waals surface area contributed by atoms with Crippen LogP contribution in [0.1, 0.15) is 19.3 Å². The van der Waals surface area contributed by atoms with Crippen molar-refractivity contribution in [2.45, 2.75) is 25.3 Å². The van der Waals surface area contributed by atoms with E-state index in [9.17, 15) is 0 Å². The second kappa shape index (κ2) is 3.13. The summed E-state index contributed by atoms with van der Waals surface area (Å²) in [6, 6.07) is 0.113. The van der Waals surface area contributed by atoms with Gasteiger partial charge < -0.3 is 11.1 Å². The van der Waals surface area contributed by atoms with Gasteiger partial charge >= 0.3 is 0 Å². The van der Waals surface area contributed by atoms with Crippen molar-refractivity contribution in [1.82, 2.24) is 5.32 Å². The minimum absolute atomic E-state index is 0.113. The molecule has 0 aromatic carbocycles. The smallest absolute Gasteiger partial charge is 0.0923 e. The number of nitrogens with one attached hydrogen (secondary N) is 1. The van der Waals surface area contributed by atoms with Crippen LogP contribution in [0.3, 0.4) is 0 Å². The summed E-state index contributed by atoms with van der Waals surface area (Å²) < 4.78 is 0. The van der Waals surface area contributed by atoms with Gasteiger partial charge in [-0.1, -0.05) is 12.2 Å². The van der Waals surface area contributed by atoms with Crippen molar-refractivity contribution in [3.63, 3.8) is 0 Å². The van der Waals surface area contributed by atoms with E-state index in [1.54, 1.807) is 0 Å². The van der Waals surface area contributed by atoms with Gasteiger partial charge in [0.25, 0.3) is 0 Å². The van der Waals surface area contributed by atoms with Crippen molar-refractivity contribution >= 4 is 17.2 Å². The average molecular weight is 144 g/mol. The Labute approximate surface area is 60.8 Å². The van der Waals surface area contributed by atoms with E-state index in [1.807, 2.05) is 0 Å². The van der Waals surface area contributed by atoms with Crippen LogP contribution in [0.2, 0.25) is 0 Å². The summed E-state index contributed by atoms with van der Waals surface area (Å²) >= 11 is 4.98. The first-order valence-electron chi connectivity index (χ1n) is 3.34. The number of thiocarbonyl (C=S) groups is 1. The summed E-state index contributed by atoms with van der Waals surface area (Å²) in [4.78, 5) is 0.840. The normalized spacial score (nSPS) is 29.0. The Morgan fingerprint density at radius 1 is 1.56 bits per heavy atom. The fourth-order valence-corrected chi connectivity index (χ4v) is 1.18. The molecule has 0 aromatic rings. The fourth-order valence-electron chi connectivity index (χ4n) is 0.963. The number of nitrogens with two attached hydrogens (primary N) is 1. The molecule has 0 spiro atoms. The van der Waals surface area contributed by atoms with Crippen molar-refractivity contribution in [1.29, 1.82) is 0 Å². The molecular weight excluding hydrogens is 132 g/mol. The predicted molar refractivity (Wildman–Crippen MR) is 42.4 cm³/mol. The molecule has 1 unspecified atom stereocenters. The third-order valence-corrected chi connectivity index (χ3v) is 2.02. The molecule has 0 bridgehead atoms. The highest BCUT2D eigenvalue weighted by atomic mass is 32.1. The van der Waals surface area contributed by atoms with Gasteiger partial charge in [-0.15, -0.1) is 0 Å². The van der Waals surface area contributed by atoms with E-state index in [1.165, 1.54) is 12.8 Å². The van der Waals surface area contributed by atoms with Gasteiger partial charge in [0.2, 0.25) is 0 Å². The maximum absolute atomic E-state index is 5.67. The molecule has 3 N–H and O–H groups in total. The molecule has 0 saturated carbocycles. The van der Waals surface area contributed by atoms with E-state index in [0.717, 1.165) is 18.0 Å². The van der Waals surface area contributed by atoms with Gasteiger partial charge in [0.05, 0.1) is 11.0 Å². The Morgan fingerprint density at radius 3 is 3.11 bits per heavy atom. The highest BCUT2D eigenvalue weighted by molar-refractivity contribution is 7.80. The number of rotatable bonds is 0. The average Bonchev–Trinajstić information content (AvgIpc) is 1.99. The van der Waals surface area contributed by atoms with Crippen LogP contribution in [0.4, 0.5) is 0 Å². The Morgan fingerprint density at radius 2 is 2.33 bits per heavy atom. The van der Waals surface area contributed by atoms with Crippen LogP contribution in [-0.4, -0.2) is 17.6 Å². The fraction of sp³-hybridized carbons (Fsp3) is 0.833. The Bertz CT molecular complexity index is 114. The largest absolute Gasteiger partial charge is 0.378 e. The highest BCUT2D eigenvalue weighted by Gasteiger charge is 2.10. The minimum Gasteiger partial charge on any atom is -0.378 e. The van der Waals surface area contributed by atoms with Gasteiger partial charge in [0, 0.05) is 6.54 Å². The number of hydrogen-bond donors (Lipinski definition) is 2. The summed E-state index contributed by atoms with van der Waals surface area (Å²) in [6.07, 6.45) is 3.45. The van der Waals surface area contributed by atoms with E-state index >= 15 is 0 Å². The van der Waals surface area contributed by atoms with Crippen LogP contribution < -0.4 is 11.1 Å². The van der Waals surface area contributed by atoms with Crippen LogP contribution in [0.15, 0.2) is 0 Å². The Hall–Kier alpha value is -0.150. The zero-order valence-electron chi connectivity index (χ0n) is 5.39. The Balaban J connectivity index is 2.41. The molecule has 0 radical (unpaired) electrons. The minimum atomic E-state index is 0.113. The summed E-state index contributed by atoms with van der Waals surface area (Å²) in [5, 5.41) is 3.10. The van der Waals surface area contributed by atoms with Crippen molar-refractivity contribution < 1.29 is 0 Å². The highest BCUT2D eigenvalue weighted by Crippen LogP contribution is 2.03. The predicted octanol–water partition coefficient (Wildman–Crippen LogP) is 0.415. The van der Waals surface area contributed by atoms with Crippen molar-refractivity contribution in [2.75, 3.05) is 6.54 Å². The molecular formula is C6H12N2S. The van der Waals surface area contributed by atoms with Crippen LogP contribution in [0, 0.1) is 0 Å². The molecule has 1 rings (SSSR count). The zero-order chi connectivity index (χ0) is 6.69. The SMILES string of the molecule is NC1CCCCNC1=S. The van der Waals surface area contributed by atoms with Gasteiger partial charge in [-0.3, -0.25) is 0 Å². The third kappa shape index (κ3) is 1.91. The van der Waals surface area contributed by atoms with E-state index in [0.29, 0.717) is 0 Å². The molecule has 9 heavy (non-hydrogen) atoms. The first-order valence-corrected chi connectivity index (χ1v) is 3.75. The van der Waals surface area contributed by atoms with Crippen molar-refractivity contribution in [3.05, 3.63) is 0 Å². The van der Waals surface area contributed by atoms with Crippen LogP contribution in [0.25, 0.3) is 0 Å². The first kappa shape index (κ1) is 6.96. The van der Waals surface area contributed by atoms with Gasteiger partial charge in [0.1, 0.15) is 0 Å². The molecule has 52 valence electrons. The van der Waals surface area contributed by atoms with E-state index in [4.69, 9.17) is 18.0 Å². The first-order chi connectivity index (χ1) is 4.30. The summed E-state index contributed by atoms with van der Waals surface area (Å²) in [7, 11) is 0. The van der Waals surface area contributed by atoms with E-state index in [-0.39, 0.29) is 6.04 Å². The molecule has 0 amide bonds. The molecule has 0 aromatic heterocycles. The molecule has 1 aliphatic rings. The summed E-state index contributed by atoms with van der Waals surface area (Å²) in [5.74, 6) is 0. The molecule has 3 heteroatoms. The third-order valence-electron chi connectivity index (χ3n) is 1.58. The van der Waals surface area contributed by atoms with Crippen LogP contribution in [-0.2, 0) is 0 Å². The van der Waals surface area contributed by atoms with Crippen molar-refractivity contribution in [2.24, 2.45) is 5.73 Å². The lowest BCUT2D eigenvalue weighted by atomic mass is 10.2. The summed E-state index contributed by atoms with van der Waals surface area (Å²) in [6.45, 7) is 1.01. The lowest BCUT2D eigenvalue weighted by Gasteiger charge is -2.07. The van der Waals surface area contributed by atoms with Gasteiger partial charge in [-0.25, -0.2) is 0 Å². The number of hydrogen-bond acceptors (Lipinski definition) is 2. The topological polar surface area (TPSA) is 38.0 Å². The second-order valence-electron chi connectivity index (χ2n) is 2.39.